The first kappa shape index (κ1) is 5.34. The van der Waals surface area contributed by atoms with Crippen LogP contribution in [0.3, 0.4) is 0 Å². The predicted molar refractivity (Wildman–Crippen MR) is 38.7 cm³/mol. The summed E-state index contributed by atoms with van der Waals surface area (Å²) in [6, 6.07) is 0. The molecule has 0 radical (unpaired) electrons. The Morgan fingerprint density at radius 1 is 1.71 bits per heavy atom. The summed E-state index contributed by atoms with van der Waals surface area (Å²) in [5, 5.41) is 0. The van der Waals surface area contributed by atoms with Crippen molar-refractivity contribution >= 4 is 29.2 Å². The molecule has 0 N–H and O–H groups in total. The normalized spacial score (nSPS) is 20.4. The van der Waals surface area contributed by atoms with Crippen LogP contribution in [0.5, 0.6) is 0 Å². The van der Waals surface area contributed by atoms with E-state index in [-0.39, 0.29) is 0 Å². The second-order valence-electron chi connectivity index (χ2n) is 1.50. The number of nitrogens with zero attached hydrogens (tertiary/aromatic N) is 2. The highest BCUT2D eigenvalue weighted by atomic mass is 127. The summed E-state index contributed by atoms with van der Waals surface area (Å²) in [5.74, 6) is 0. The Balaban J connectivity index is 2.36. The van der Waals surface area contributed by atoms with E-state index in [0.717, 1.165) is 13.1 Å². The molecule has 0 atom stereocenters. The maximum absolute atomic E-state index is 4.05. The van der Waals surface area contributed by atoms with Crippen LogP contribution in [0.2, 0.25) is 0 Å². The van der Waals surface area contributed by atoms with Crippen LogP contribution >= 0.6 is 22.9 Å². The molecule has 1 aliphatic heterocycles. The van der Waals surface area contributed by atoms with E-state index < -0.39 is 0 Å². The van der Waals surface area contributed by atoms with Gasteiger partial charge < -0.3 is 3.11 Å². The predicted octanol–water partition coefficient (Wildman–Crippen LogP) is 1.07. The van der Waals surface area contributed by atoms with Gasteiger partial charge in [0.05, 0.1) is 29.2 Å². The molecule has 0 aromatic heterocycles. The average molecular weight is 210 g/mol. The van der Waals surface area contributed by atoms with Gasteiger partial charge in [-0.05, 0) is 6.42 Å². The quantitative estimate of drug-likeness (QED) is 0.431. The summed E-state index contributed by atoms with van der Waals surface area (Å²) < 4.78 is 2.07. The molecule has 0 aliphatic carbocycles. The zero-order valence-electron chi connectivity index (χ0n) is 3.97. The third-order valence-electron chi connectivity index (χ3n) is 0.866. The Morgan fingerprint density at radius 3 is 2.86 bits per heavy atom. The maximum atomic E-state index is 4.05. The van der Waals surface area contributed by atoms with E-state index in [0.29, 0.717) is 0 Å². The van der Waals surface area contributed by atoms with Gasteiger partial charge in [0.25, 0.3) is 0 Å². The summed E-state index contributed by atoms with van der Waals surface area (Å²) >= 11 is 2.24. The van der Waals surface area contributed by atoms with Crippen LogP contribution in [0.15, 0.2) is 4.99 Å². The highest BCUT2D eigenvalue weighted by Crippen LogP contribution is 2.00. The summed E-state index contributed by atoms with van der Waals surface area (Å²) in [4.78, 5) is 4.05. The SMILES string of the molecule is IN1C=NCCC1. The lowest BCUT2D eigenvalue weighted by Gasteiger charge is -2.12. The van der Waals surface area contributed by atoms with E-state index in [1.54, 1.807) is 0 Å². The first-order chi connectivity index (χ1) is 3.39. The van der Waals surface area contributed by atoms with Gasteiger partial charge in [0.2, 0.25) is 0 Å². The molecule has 40 valence electrons. The fraction of sp³-hybridized carbons (Fsp3) is 0.750. The molecule has 1 heterocycles. The van der Waals surface area contributed by atoms with Crippen molar-refractivity contribution in [1.82, 2.24) is 3.11 Å². The van der Waals surface area contributed by atoms with Crippen LogP contribution in [0, 0.1) is 0 Å². The minimum Gasteiger partial charge on any atom is -0.306 e. The highest BCUT2D eigenvalue weighted by molar-refractivity contribution is 14.1. The number of halogens is 1. The van der Waals surface area contributed by atoms with E-state index in [2.05, 4.69) is 31.0 Å². The smallest absolute Gasteiger partial charge is 0.0936 e. The summed E-state index contributed by atoms with van der Waals surface area (Å²) in [5.41, 5.74) is 0. The van der Waals surface area contributed by atoms with Gasteiger partial charge in [-0.25, -0.2) is 0 Å². The van der Waals surface area contributed by atoms with Gasteiger partial charge in [0.15, 0.2) is 0 Å². The molecule has 0 saturated heterocycles. The zero-order chi connectivity index (χ0) is 5.11. The molecule has 0 unspecified atom stereocenters. The minimum atomic E-state index is 1.01. The molecular weight excluding hydrogens is 203 g/mol. The summed E-state index contributed by atoms with van der Waals surface area (Å²) in [7, 11) is 0. The number of rotatable bonds is 0. The van der Waals surface area contributed by atoms with E-state index in [4.69, 9.17) is 0 Å². The van der Waals surface area contributed by atoms with Crippen LogP contribution in [-0.4, -0.2) is 22.5 Å². The van der Waals surface area contributed by atoms with Crippen molar-refractivity contribution in [3.63, 3.8) is 0 Å². The number of hydrogen-bond donors (Lipinski definition) is 0. The van der Waals surface area contributed by atoms with Crippen molar-refractivity contribution in [1.29, 1.82) is 0 Å². The minimum absolute atomic E-state index is 1.01. The first-order valence-corrected chi connectivity index (χ1v) is 3.28. The number of hydrogen-bond acceptors (Lipinski definition) is 2. The fourth-order valence-corrected chi connectivity index (χ4v) is 1.03. The topological polar surface area (TPSA) is 15.6 Å². The summed E-state index contributed by atoms with van der Waals surface area (Å²) in [6.45, 7) is 2.17. The Hall–Kier alpha value is 0.200. The summed E-state index contributed by atoms with van der Waals surface area (Å²) in [6.07, 6.45) is 3.09. The molecule has 0 amide bonds. The molecule has 1 rings (SSSR count). The lowest BCUT2D eigenvalue weighted by atomic mass is 10.4. The van der Waals surface area contributed by atoms with Crippen molar-refractivity contribution in [3.05, 3.63) is 0 Å². The molecule has 0 saturated carbocycles. The van der Waals surface area contributed by atoms with Crippen molar-refractivity contribution in [3.8, 4) is 0 Å². The Labute approximate surface area is 57.1 Å². The molecule has 7 heavy (non-hydrogen) atoms. The maximum Gasteiger partial charge on any atom is 0.0936 e. The second-order valence-corrected chi connectivity index (χ2v) is 2.74. The Kier molecular flexibility index (Phi) is 1.90. The van der Waals surface area contributed by atoms with Crippen molar-refractivity contribution in [2.75, 3.05) is 13.1 Å². The van der Waals surface area contributed by atoms with Gasteiger partial charge in [0.1, 0.15) is 0 Å². The van der Waals surface area contributed by atoms with Crippen molar-refractivity contribution < 1.29 is 0 Å². The van der Waals surface area contributed by atoms with Gasteiger partial charge >= 0.3 is 0 Å². The third kappa shape index (κ3) is 1.63. The van der Waals surface area contributed by atoms with Crippen LogP contribution < -0.4 is 0 Å². The molecule has 0 aromatic carbocycles. The lowest BCUT2D eigenvalue weighted by molar-refractivity contribution is 0.643. The van der Waals surface area contributed by atoms with E-state index >= 15 is 0 Å². The fourth-order valence-electron chi connectivity index (χ4n) is 0.517. The largest absolute Gasteiger partial charge is 0.306 e. The molecule has 0 aromatic rings. The van der Waals surface area contributed by atoms with Gasteiger partial charge in [-0.3, -0.25) is 4.99 Å². The lowest BCUT2D eigenvalue weighted by Crippen LogP contribution is -2.15. The highest BCUT2D eigenvalue weighted by Gasteiger charge is 1.96. The Morgan fingerprint density at radius 2 is 2.57 bits per heavy atom. The molecule has 1 aliphatic rings. The van der Waals surface area contributed by atoms with E-state index in [1.165, 1.54) is 6.42 Å². The average Bonchev–Trinajstić information content (AvgIpc) is 1.69. The molecule has 2 nitrogen and oxygen atoms in total. The van der Waals surface area contributed by atoms with Gasteiger partial charge in [-0.2, -0.15) is 0 Å². The Bertz CT molecular complexity index is 81.8. The standard InChI is InChI=1S/C4H7IN2/c5-7-3-1-2-6-4-7/h4H,1-3H2. The third-order valence-corrected chi connectivity index (χ3v) is 1.60. The van der Waals surface area contributed by atoms with Crippen LogP contribution in [-0.2, 0) is 0 Å². The van der Waals surface area contributed by atoms with Crippen LogP contribution in [0.4, 0.5) is 0 Å². The van der Waals surface area contributed by atoms with Crippen molar-refractivity contribution in [2.24, 2.45) is 4.99 Å². The second kappa shape index (κ2) is 2.49. The van der Waals surface area contributed by atoms with Gasteiger partial charge in [-0.15, -0.1) is 0 Å². The molecule has 0 bridgehead atoms. The first-order valence-electron chi connectivity index (χ1n) is 2.32. The van der Waals surface area contributed by atoms with Crippen LogP contribution in [0.1, 0.15) is 6.42 Å². The monoisotopic (exact) mass is 210 g/mol. The molecular formula is C4H7IN2. The number of aliphatic imine (C=N–C) groups is 1. The molecule has 0 fully saturated rings. The van der Waals surface area contributed by atoms with Crippen molar-refractivity contribution in [2.45, 2.75) is 6.42 Å². The molecule has 3 heteroatoms. The van der Waals surface area contributed by atoms with Crippen LogP contribution in [0.25, 0.3) is 0 Å². The molecule has 0 spiro atoms. The van der Waals surface area contributed by atoms with Gasteiger partial charge in [0, 0.05) is 13.1 Å². The van der Waals surface area contributed by atoms with E-state index in [9.17, 15) is 0 Å². The zero-order valence-corrected chi connectivity index (χ0v) is 6.13. The van der Waals surface area contributed by atoms with E-state index in [1.807, 2.05) is 6.34 Å². The van der Waals surface area contributed by atoms with Gasteiger partial charge in [-0.1, -0.05) is 0 Å².